The topological polar surface area (TPSA) is 63.5 Å². The Morgan fingerprint density at radius 3 is 2.80 bits per heavy atom. The fourth-order valence-electron chi connectivity index (χ4n) is 1.76. The lowest BCUT2D eigenvalue weighted by Crippen LogP contribution is -2.60. The van der Waals surface area contributed by atoms with Crippen molar-refractivity contribution in [2.24, 2.45) is 0 Å². The van der Waals surface area contributed by atoms with E-state index in [0.29, 0.717) is 25.8 Å². The predicted molar refractivity (Wildman–Crippen MR) is 56.0 cm³/mol. The summed E-state index contributed by atoms with van der Waals surface area (Å²) in [5.41, 5.74) is -0.230. The average molecular weight is 212 g/mol. The third-order valence-corrected chi connectivity index (χ3v) is 2.84. The van der Waals surface area contributed by atoms with Gasteiger partial charge in [-0.2, -0.15) is 0 Å². The highest BCUT2D eigenvalue weighted by Crippen LogP contribution is 2.32. The van der Waals surface area contributed by atoms with E-state index in [9.17, 15) is 14.9 Å². The van der Waals surface area contributed by atoms with Gasteiger partial charge in [0.05, 0.1) is 12.0 Å². The molecule has 5 nitrogen and oxygen atoms in total. The largest absolute Gasteiger partial charge is 0.333 e. The molecule has 1 aliphatic heterocycles. The molecule has 0 bridgehead atoms. The molecule has 0 radical (unpaired) electrons. The van der Waals surface area contributed by atoms with E-state index in [0.717, 1.165) is 0 Å². The third-order valence-electron chi connectivity index (χ3n) is 2.84. The zero-order valence-corrected chi connectivity index (χ0v) is 8.94. The van der Waals surface area contributed by atoms with E-state index in [-0.39, 0.29) is 22.9 Å². The maximum absolute atomic E-state index is 11.3. The summed E-state index contributed by atoms with van der Waals surface area (Å²) in [6, 6.07) is 0. The summed E-state index contributed by atoms with van der Waals surface area (Å²) in [5.74, 6) is 0.110. The van der Waals surface area contributed by atoms with Crippen LogP contribution in [0.25, 0.3) is 0 Å². The molecule has 1 unspecified atom stereocenters. The molecule has 1 atom stereocenters. The van der Waals surface area contributed by atoms with Crippen LogP contribution in [0, 0.1) is 10.1 Å². The Morgan fingerprint density at radius 2 is 2.33 bits per heavy atom. The number of rotatable bonds is 6. The van der Waals surface area contributed by atoms with E-state index in [1.807, 2.05) is 6.92 Å². The number of nitrogens with zero attached hydrogens (tertiary/aromatic N) is 2. The second-order valence-corrected chi connectivity index (χ2v) is 4.05. The molecule has 1 fully saturated rings. The van der Waals surface area contributed by atoms with Crippen molar-refractivity contribution in [3.8, 4) is 0 Å². The van der Waals surface area contributed by atoms with E-state index < -0.39 is 0 Å². The highest BCUT2D eigenvalue weighted by molar-refractivity contribution is 5.85. The Balaban J connectivity index is 2.29. The van der Waals surface area contributed by atoms with E-state index in [4.69, 9.17) is 0 Å². The van der Waals surface area contributed by atoms with Crippen LogP contribution in [-0.4, -0.2) is 34.4 Å². The van der Waals surface area contributed by atoms with Crippen LogP contribution in [0.1, 0.15) is 26.2 Å². The van der Waals surface area contributed by atoms with Gasteiger partial charge in [0.2, 0.25) is 12.5 Å². The van der Waals surface area contributed by atoms with Crippen LogP contribution in [0.5, 0.6) is 0 Å². The molecule has 15 heavy (non-hydrogen) atoms. The van der Waals surface area contributed by atoms with Crippen LogP contribution in [0.2, 0.25) is 0 Å². The second kappa shape index (κ2) is 4.42. The van der Waals surface area contributed by atoms with Crippen molar-refractivity contribution in [3.05, 3.63) is 22.8 Å². The highest BCUT2D eigenvalue weighted by Gasteiger charge is 2.44. The summed E-state index contributed by atoms with van der Waals surface area (Å²) in [4.78, 5) is 22.8. The molecule has 1 saturated heterocycles. The lowest BCUT2D eigenvalue weighted by Gasteiger charge is -2.48. The van der Waals surface area contributed by atoms with Crippen LogP contribution >= 0.6 is 0 Å². The predicted octanol–water partition coefficient (Wildman–Crippen LogP) is 1.22. The fourth-order valence-corrected chi connectivity index (χ4v) is 1.76. The van der Waals surface area contributed by atoms with Gasteiger partial charge in [-0.3, -0.25) is 14.9 Å². The van der Waals surface area contributed by atoms with Gasteiger partial charge in [0.25, 0.3) is 0 Å². The second-order valence-electron chi connectivity index (χ2n) is 4.05. The van der Waals surface area contributed by atoms with Crippen LogP contribution in [0.3, 0.4) is 0 Å². The monoisotopic (exact) mass is 212 g/mol. The third kappa shape index (κ3) is 2.55. The zero-order chi connectivity index (χ0) is 11.5. The van der Waals surface area contributed by atoms with E-state index >= 15 is 0 Å². The molecule has 1 aliphatic rings. The number of nitro groups is 1. The van der Waals surface area contributed by atoms with Crippen molar-refractivity contribution in [2.45, 2.75) is 31.7 Å². The molecule has 0 saturated carbocycles. The lowest BCUT2D eigenvalue weighted by atomic mass is 9.86. The summed E-state index contributed by atoms with van der Waals surface area (Å²) in [7, 11) is 0. The molecule has 0 spiro atoms. The maximum Gasteiger partial charge on any atom is 0.225 e. The van der Waals surface area contributed by atoms with Crippen LogP contribution < -0.4 is 0 Å². The van der Waals surface area contributed by atoms with Crippen LogP contribution in [0.4, 0.5) is 0 Å². The molecule has 0 aliphatic carbocycles. The molecule has 1 rings (SSSR count). The Kier molecular flexibility index (Phi) is 3.44. The quantitative estimate of drug-likeness (QED) is 0.218. The summed E-state index contributed by atoms with van der Waals surface area (Å²) in [5, 5.41) is 10.1. The first kappa shape index (κ1) is 11.7. The molecule has 84 valence electrons. The van der Waals surface area contributed by atoms with Gasteiger partial charge in [-0.1, -0.05) is 6.08 Å². The SMILES string of the molecule is C=CC1(C)CC(=O)N1CCCC[N+](=O)[O-]. The standard InChI is InChI=1S/C10H16N2O3/c1-3-10(2)8-9(13)11(10)6-4-5-7-12(14)15/h3H,1,4-8H2,2H3. The van der Waals surface area contributed by atoms with Gasteiger partial charge in [-0.15, -0.1) is 6.58 Å². The Morgan fingerprint density at radius 1 is 1.67 bits per heavy atom. The van der Waals surface area contributed by atoms with Gasteiger partial charge in [0, 0.05) is 17.9 Å². The van der Waals surface area contributed by atoms with Crippen LogP contribution in [-0.2, 0) is 4.79 Å². The number of carbonyl (C=O) groups excluding carboxylic acids is 1. The molecule has 0 aromatic rings. The number of β-lactam (4-membered cyclic amide) rings is 1. The molecule has 0 N–H and O–H groups in total. The summed E-state index contributed by atoms with van der Waals surface area (Å²) < 4.78 is 0. The first-order chi connectivity index (χ1) is 6.99. The summed E-state index contributed by atoms with van der Waals surface area (Å²) >= 11 is 0. The number of carbonyl (C=O) groups is 1. The molecule has 0 aromatic carbocycles. The van der Waals surface area contributed by atoms with Gasteiger partial charge in [-0.05, 0) is 13.3 Å². The lowest BCUT2D eigenvalue weighted by molar-refractivity contribution is -0.480. The molecular weight excluding hydrogens is 196 g/mol. The normalized spacial score (nSPS) is 24.9. The number of unbranched alkanes of at least 4 members (excludes halogenated alkanes) is 1. The van der Waals surface area contributed by atoms with Crippen molar-refractivity contribution in [1.82, 2.24) is 4.90 Å². The molecular formula is C10H16N2O3. The zero-order valence-electron chi connectivity index (χ0n) is 8.94. The van der Waals surface area contributed by atoms with Crippen LogP contribution in [0.15, 0.2) is 12.7 Å². The van der Waals surface area contributed by atoms with Crippen molar-refractivity contribution < 1.29 is 9.72 Å². The van der Waals surface area contributed by atoms with Gasteiger partial charge < -0.3 is 4.90 Å². The van der Waals surface area contributed by atoms with Gasteiger partial charge in [-0.25, -0.2) is 0 Å². The number of hydrogen-bond acceptors (Lipinski definition) is 3. The molecule has 5 heteroatoms. The average Bonchev–Trinajstić information content (AvgIpc) is 2.16. The van der Waals surface area contributed by atoms with E-state index in [2.05, 4.69) is 6.58 Å². The van der Waals surface area contributed by atoms with Gasteiger partial charge >= 0.3 is 0 Å². The Labute approximate surface area is 88.9 Å². The number of likely N-dealkylation sites (tertiary alicyclic amines) is 1. The first-order valence-electron chi connectivity index (χ1n) is 5.05. The van der Waals surface area contributed by atoms with E-state index in [1.54, 1.807) is 11.0 Å². The minimum Gasteiger partial charge on any atom is -0.333 e. The summed E-state index contributed by atoms with van der Waals surface area (Å²) in [6.07, 6.45) is 3.47. The molecule has 1 amide bonds. The highest BCUT2D eigenvalue weighted by atomic mass is 16.6. The Hall–Kier alpha value is -1.39. The number of hydrogen-bond donors (Lipinski definition) is 0. The van der Waals surface area contributed by atoms with Crippen molar-refractivity contribution in [1.29, 1.82) is 0 Å². The minimum absolute atomic E-state index is 0.0210. The van der Waals surface area contributed by atoms with Gasteiger partial charge in [0.15, 0.2) is 0 Å². The van der Waals surface area contributed by atoms with E-state index in [1.165, 1.54) is 0 Å². The Bertz CT molecular complexity index is 290. The molecule has 0 aromatic heterocycles. The first-order valence-corrected chi connectivity index (χ1v) is 5.05. The molecule has 1 heterocycles. The van der Waals surface area contributed by atoms with Crippen molar-refractivity contribution in [3.63, 3.8) is 0 Å². The summed E-state index contributed by atoms with van der Waals surface area (Å²) in [6.45, 7) is 6.22. The fraction of sp³-hybridized carbons (Fsp3) is 0.700. The smallest absolute Gasteiger partial charge is 0.225 e. The van der Waals surface area contributed by atoms with Gasteiger partial charge in [0.1, 0.15) is 0 Å². The maximum atomic E-state index is 11.3. The van der Waals surface area contributed by atoms with Crippen molar-refractivity contribution >= 4 is 5.91 Å². The van der Waals surface area contributed by atoms with Crippen molar-refractivity contribution in [2.75, 3.05) is 13.1 Å². The number of amides is 1. The minimum atomic E-state index is -0.329.